The highest BCUT2D eigenvalue weighted by molar-refractivity contribution is 6.09. The Balaban J connectivity index is 1.58. The molecule has 1 saturated carbocycles. The Kier molecular flexibility index (Phi) is 6.57. The SMILES string of the molecule is Cc1c(C(=O)/C=C/c2cn(-c3ccccc3)nc2-c2ccccc2)c(O)n(C2CCCC2)c(=O)c1C#N. The minimum absolute atomic E-state index is 0.0176. The first kappa shape index (κ1) is 24.0. The molecule has 0 atom stereocenters. The number of ketones is 1. The van der Waals surface area contributed by atoms with Gasteiger partial charge in [-0.05, 0) is 49.6 Å². The molecule has 1 aliphatic carbocycles. The van der Waals surface area contributed by atoms with Crippen LogP contribution in [0.15, 0.2) is 77.7 Å². The molecule has 2 aromatic heterocycles. The highest BCUT2D eigenvalue weighted by Gasteiger charge is 2.28. The van der Waals surface area contributed by atoms with Crippen LogP contribution in [0.5, 0.6) is 5.88 Å². The lowest BCUT2D eigenvalue weighted by molar-refractivity contribution is 0.104. The Hall–Kier alpha value is -4.70. The first-order valence-corrected chi connectivity index (χ1v) is 12.3. The zero-order valence-corrected chi connectivity index (χ0v) is 20.5. The second-order valence-electron chi connectivity index (χ2n) is 9.20. The quantitative estimate of drug-likeness (QED) is 0.280. The van der Waals surface area contributed by atoms with E-state index < -0.39 is 11.3 Å². The number of hydrogen-bond acceptors (Lipinski definition) is 5. The molecule has 1 N–H and O–H groups in total. The molecule has 2 aromatic carbocycles. The molecule has 37 heavy (non-hydrogen) atoms. The van der Waals surface area contributed by atoms with Crippen molar-refractivity contribution in [3.63, 3.8) is 0 Å². The number of rotatable bonds is 6. The predicted molar refractivity (Wildman–Crippen MR) is 142 cm³/mol. The molecule has 0 amide bonds. The number of carbonyl (C=O) groups excluding carboxylic acids is 1. The molecule has 7 nitrogen and oxygen atoms in total. The first-order chi connectivity index (χ1) is 18.0. The van der Waals surface area contributed by atoms with Crippen LogP contribution < -0.4 is 5.56 Å². The van der Waals surface area contributed by atoms with Crippen LogP contribution in [0.1, 0.15) is 58.8 Å². The number of para-hydroxylation sites is 1. The molecule has 0 bridgehead atoms. The summed E-state index contributed by atoms with van der Waals surface area (Å²) in [5.41, 5.74) is 2.71. The molecule has 1 aliphatic rings. The Morgan fingerprint density at radius 1 is 1.08 bits per heavy atom. The van der Waals surface area contributed by atoms with Gasteiger partial charge in [0.2, 0.25) is 5.88 Å². The number of allylic oxidation sites excluding steroid dienone is 1. The van der Waals surface area contributed by atoms with Crippen molar-refractivity contribution in [2.75, 3.05) is 0 Å². The smallest absolute Gasteiger partial charge is 0.271 e. The van der Waals surface area contributed by atoms with Gasteiger partial charge < -0.3 is 5.11 Å². The second-order valence-corrected chi connectivity index (χ2v) is 9.20. The van der Waals surface area contributed by atoms with E-state index in [1.165, 1.54) is 17.6 Å². The molecule has 1 fully saturated rings. The summed E-state index contributed by atoms with van der Waals surface area (Å²) >= 11 is 0. The predicted octanol–water partition coefficient (Wildman–Crippen LogP) is 5.60. The molecule has 0 saturated heterocycles. The van der Waals surface area contributed by atoms with Crippen LogP contribution >= 0.6 is 0 Å². The van der Waals surface area contributed by atoms with Crippen molar-refractivity contribution in [1.82, 2.24) is 14.3 Å². The lowest BCUT2D eigenvalue weighted by Crippen LogP contribution is -2.28. The van der Waals surface area contributed by atoms with Crippen molar-refractivity contribution in [1.29, 1.82) is 5.26 Å². The van der Waals surface area contributed by atoms with Crippen molar-refractivity contribution >= 4 is 11.9 Å². The maximum absolute atomic E-state index is 13.4. The van der Waals surface area contributed by atoms with Gasteiger partial charge in [0, 0.05) is 23.4 Å². The monoisotopic (exact) mass is 490 g/mol. The fraction of sp³-hybridized carbons (Fsp3) is 0.200. The Bertz CT molecular complexity index is 1590. The molecule has 184 valence electrons. The van der Waals surface area contributed by atoms with E-state index in [9.17, 15) is 20.0 Å². The highest BCUT2D eigenvalue weighted by Crippen LogP contribution is 2.34. The van der Waals surface area contributed by atoms with E-state index in [1.807, 2.05) is 72.9 Å². The lowest BCUT2D eigenvalue weighted by atomic mass is 10.00. The molecular weight excluding hydrogens is 464 g/mol. The molecule has 0 spiro atoms. The van der Waals surface area contributed by atoms with Crippen LogP contribution in [-0.2, 0) is 0 Å². The molecule has 0 radical (unpaired) electrons. The van der Waals surface area contributed by atoms with Crippen molar-refractivity contribution in [3.8, 4) is 28.9 Å². The summed E-state index contributed by atoms with van der Waals surface area (Å²) in [5.74, 6) is -0.851. The number of aromatic hydroxyl groups is 1. The number of aromatic nitrogens is 3. The largest absolute Gasteiger partial charge is 0.494 e. The van der Waals surface area contributed by atoms with Crippen molar-refractivity contribution in [2.45, 2.75) is 38.6 Å². The maximum Gasteiger partial charge on any atom is 0.271 e. The summed E-state index contributed by atoms with van der Waals surface area (Å²) in [5, 5.41) is 25.5. The van der Waals surface area contributed by atoms with Gasteiger partial charge in [-0.2, -0.15) is 10.4 Å². The normalized spacial score (nSPS) is 13.7. The number of hydrogen-bond donors (Lipinski definition) is 1. The topological polar surface area (TPSA) is 101 Å². The fourth-order valence-electron chi connectivity index (χ4n) is 5.01. The van der Waals surface area contributed by atoms with E-state index in [-0.39, 0.29) is 28.6 Å². The number of pyridine rings is 1. The highest BCUT2D eigenvalue weighted by atomic mass is 16.3. The average Bonchev–Trinajstić information content (AvgIpc) is 3.59. The van der Waals surface area contributed by atoms with Crippen LogP contribution in [-0.4, -0.2) is 25.2 Å². The van der Waals surface area contributed by atoms with Crippen molar-refractivity contribution < 1.29 is 9.90 Å². The average molecular weight is 491 g/mol. The minimum Gasteiger partial charge on any atom is -0.494 e. The third-order valence-corrected chi connectivity index (χ3v) is 6.91. The summed E-state index contributed by atoms with van der Waals surface area (Å²) in [7, 11) is 0. The summed E-state index contributed by atoms with van der Waals surface area (Å²) in [6, 6.07) is 21.1. The van der Waals surface area contributed by atoms with Gasteiger partial charge in [0.15, 0.2) is 5.78 Å². The van der Waals surface area contributed by atoms with Crippen LogP contribution in [0.2, 0.25) is 0 Å². The summed E-state index contributed by atoms with van der Waals surface area (Å²) < 4.78 is 2.99. The molecule has 0 aliphatic heterocycles. The van der Waals surface area contributed by atoms with Gasteiger partial charge in [-0.1, -0.05) is 61.4 Å². The van der Waals surface area contributed by atoms with E-state index >= 15 is 0 Å². The van der Waals surface area contributed by atoms with Gasteiger partial charge in [-0.25, -0.2) is 4.68 Å². The summed E-state index contributed by atoms with van der Waals surface area (Å²) in [6.45, 7) is 1.53. The summed E-state index contributed by atoms with van der Waals surface area (Å²) in [6.07, 6.45) is 8.19. The van der Waals surface area contributed by atoms with Gasteiger partial charge >= 0.3 is 0 Å². The molecule has 7 heteroatoms. The summed E-state index contributed by atoms with van der Waals surface area (Å²) in [4.78, 5) is 26.4. The third-order valence-electron chi connectivity index (χ3n) is 6.91. The number of nitrogens with zero attached hydrogens (tertiary/aromatic N) is 4. The lowest BCUT2D eigenvalue weighted by Gasteiger charge is -2.19. The standard InChI is InChI=1S/C30H26N4O3/c1-20-25(18-31)29(36)34(24-14-8-9-15-24)30(37)27(20)26(35)17-16-22-19-33(23-12-6-3-7-13-23)32-28(22)21-10-4-2-5-11-21/h2-7,10-13,16-17,19,24,37H,8-9,14-15H2,1H3/b17-16+. The third kappa shape index (κ3) is 4.50. The number of carbonyl (C=O) groups is 1. The van der Waals surface area contributed by atoms with E-state index in [4.69, 9.17) is 5.10 Å². The van der Waals surface area contributed by atoms with E-state index in [2.05, 4.69) is 0 Å². The fourth-order valence-corrected chi connectivity index (χ4v) is 5.01. The molecule has 4 aromatic rings. The van der Waals surface area contributed by atoms with Crippen LogP contribution in [0.25, 0.3) is 23.0 Å². The molecular formula is C30H26N4O3. The van der Waals surface area contributed by atoms with E-state index in [1.54, 1.807) is 10.8 Å². The van der Waals surface area contributed by atoms with Crippen molar-refractivity contribution in [2.24, 2.45) is 0 Å². The van der Waals surface area contributed by atoms with Crippen LogP contribution in [0, 0.1) is 18.3 Å². The maximum atomic E-state index is 13.4. The molecule has 5 rings (SSSR count). The van der Waals surface area contributed by atoms with E-state index in [0.717, 1.165) is 36.9 Å². The van der Waals surface area contributed by atoms with Gasteiger partial charge in [-0.15, -0.1) is 0 Å². The van der Waals surface area contributed by atoms with Gasteiger partial charge in [0.05, 0.1) is 16.9 Å². The van der Waals surface area contributed by atoms with Gasteiger partial charge in [0.1, 0.15) is 11.6 Å². The zero-order valence-electron chi connectivity index (χ0n) is 20.5. The second kappa shape index (κ2) is 10.1. The van der Waals surface area contributed by atoms with E-state index in [0.29, 0.717) is 11.3 Å². The molecule has 0 unspecified atom stereocenters. The Labute approximate surface area is 214 Å². The minimum atomic E-state index is -0.541. The van der Waals surface area contributed by atoms with Crippen LogP contribution in [0.3, 0.4) is 0 Å². The first-order valence-electron chi connectivity index (χ1n) is 12.3. The zero-order chi connectivity index (χ0) is 25.9. The molecule has 2 heterocycles. The Morgan fingerprint density at radius 2 is 1.73 bits per heavy atom. The van der Waals surface area contributed by atoms with Crippen LogP contribution in [0.4, 0.5) is 0 Å². The number of benzene rings is 2. The van der Waals surface area contributed by atoms with Gasteiger partial charge in [0.25, 0.3) is 5.56 Å². The van der Waals surface area contributed by atoms with Gasteiger partial charge in [-0.3, -0.25) is 14.2 Å². The Morgan fingerprint density at radius 3 is 2.38 bits per heavy atom. The number of nitriles is 1. The van der Waals surface area contributed by atoms with Crippen molar-refractivity contribution in [3.05, 3.63) is 106 Å².